The Bertz CT molecular complexity index is 592. The Balaban J connectivity index is 1.67. The molecule has 1 aliphatic heterocycles. The standard InChI is InChI=1S/C15H19N3O3S/c1-22-11-4-5-12(16-7-11)17-14(21)18-8-10-3-2-6-15(10,9-18)13(19)20/h4-5,7,10H,2-3,6,8-9H2,1H3,(H,19,20)(H,16,17,21)/t10-,15+/m0/s1. The van der Waals surface area contributed by atoms with Gasteiger partial charge in [0, 0.05) is 24.2 Å². The van der Waals surface area contributed by atoms with Crippen molar-refractivity contribution in [2.24, 2.45) is 11.3 Å². The minimum Gasteiger partial charge on any atom is -0.481 e. The van der Waals surface area contributed by atoms with Crippen LogP contribution in [0, 0.1) is 11.3 Å². The molecule has 2 N–H and O–H groups in total. The Hall–Kier alpha value is -1.76. The van der Waals surface area contributed by atoms with Crippen LogP contribution in [0.4, 0.5) is 10.6 Å². The number of aliphatic carboxylic acids is 1. The molecule has 2 fully saturated rings. The molecule has 0 bridgehead atoms. The van der Waals surface area contributed by atoms with Crippen molar-refractivity contribution in [2.75, 3.05) is 24.7 Å². The van der Waals surface area contributed by atoms with Crippen LogP contribution in [0.15, 0.2) is 23.2 Å². The van der Waals surface area contributed by atoms with E-state index in [1.807, 2.05) is 12.3 Å². The molecule has 22 heavy (non-hydrogen) atoms. The lowest BCUT2D eigenvalue weighted by atomic mass is 9.81. The van der Waals surface area contributed by atoms with Gasteiger partial charge in [0.25, 0.3) is 0 Å². The van der Waals surface area contributed by atoms with Gasteiger partial charge in [0.15, 0.2) is 0 Å². The third-order valence-electron chi connectivity index (χ3n) is 4.79. The van der Waals surface area contributed by atoms with Gasteiger partial charge in [-0.3, -0.25) is 10.1 Å². The van der Waals surface area contributed by atoms with Crippen LogP contribution in [0.5, 0.6) is 0 Å². The zero-order chi connectivity index (χ0) is 15.7. The molecule has 0 spiro atoms. The molecule has 1 aromatic heterocycles. The van der Waals surface area contributed by atoms with Crippen LogP contribution < -0.4 is 5.32 Å². The third kappa shape index (κ3) is 2.54. The maximum Gasteiger partial charge on any atom is 0.323 e. The monoisotopic (exact) mass is 321 g/mol. The fraction of sp³-hybridized carbons (Fsp3) is 0.533. The van der Waals surface area contributed by atoms with Crippen molar-refractivity contribution in [1.82, 2.24) is 9.88 Å². The lowest BCUT2D eigenvalue weighted by molar-refractivity contribution is -0.149. The van der Waals surface area contributed by atoms with Crippen molar-refractivity contribution in [3.8, 4) is 0 Å². The SMILES string of the molecule is CSc1ccc(NC(=O)N2C[C@@H]3CCC[C@@]3(C(=O)O)C2)nc1. The van der Waals surface area contributed by atoms with E-state index >= 15 is 0 Å². The van der Waals surface area contributed by atoms with Crippen molar-refractivity contribution in [1.29, 1.82) is 0 Å². The molecule has 2 heterocycles. The van der Waals surface area contributed by atoms with Crippen LogP contribution in [0.1, 0.15) is 19.3 Å². The Morgan fingerprint density at radius 1 is 1.50 bits per heavy atom. The Labute approximate surface area is 133 Å². The van der Waals surface area contributed by atoms with Crippen molar-refractivity contribution in [2.45, 2.75) is 24.2 Å². The molecule has 118 valence electrons. The maximum absolute atomic E-state index is 12.3. The van der Waals surface area contributed by atoms with Crippen LogP contribution >= 0.6 is 11.8 Å². The highest BCUT2D eigenvalue weighted by Crippen LogP contribution is 2.48. The lowest BCUT2D eigenvalue weighted by Gasteiger charge is -2.23. The first-order valence-corrected chi connectivity index (χ1v) is 8.57. The average Bonchev–Trinajstić information content (AvgIpc) is 3.06. The van der Waals surface area contributed by atoms with Crippen LogP contribution in [0.3, 0.4) is 0 Å². The van der Waals surface area contributed by atoms with E-state index in [-0.39, 0.29) is 11.9 Å². The van der Waals surface area contributed by atoms with Gasteiger partial charge < -0.3 is 10.0 Å². The number of fused-ring (bicyclic) bond motifs is 1. The predicted octanol–water partition coefficient (Wildman–Crippen LogP) is 2.52. The Kier molecular flexibility index (Phi) is 3.99. The molecule has 0 unspecified atom stereocenters. The molecular weight excluding hydrogens is 302 g/mol. The molecule has 1 aromatic rings. The second kappa shape index (κ2) is 5.79. The van der Waals surface area contributed by atoms with E-state index in [9.17, 15) is 14.7 Å². The second-order valence-electron chi connectivity index (χ2n) is 5.94. The van der Waals surface area contributed by atoms with Crippen molar-refractivity contribution in [3.63, 3.8) is 0 Å². The second-order valence-corrected chi connectivity index (χ2v) is 6.82. The Morgan fingerprint density at radius 2 is 2.32 bits per heavy atom. The number of carbonyl (C=O) groups is 2. The minimum absolute atomic E-state index is 0.0718. The number of nitrogens with zero attached hydrogens (tertiary/aromatic N) is 2. The summed E-state index contributed by atoms with van der Waals surface area (Å²) >= 11 is 1.58. The molecule has 0 radical (unpaired) electrons. The summed E-state index contributed by atoms with van der Waals surface area (Å²) in [5, 5.41) is 12.3. The van der Waals surface area contributed by atoms with Gasteiger partial charge in [-0.15, -0.1) is 11.8 Å². The summed E-state index contributed by atoms with van der Waals surface area (Å²) in [6, 6.07) is 3.39. The van der Waals surface area contributed by atoms with E-state index in [4.69, 9.17) is 0 Å². The molecule has 1 saturated carbocycles. The van der Waals surface area contributed by atoms with E-state index in [2.05, 4.69) is 10.3 Å². The molecule has 1 saturated heterocycles. The van der Waals surface area contributed by atoms with Crippen molar-refractivity contribution in [3.05, 3.63) is 18.3 Å². The van der Waals surface area contributed by atoms with Gasteiger partial charge in [0.1, 0.15) is 5.82 Å². The van der Waals surface area contributed by atoms with Gasteiger partial charge in [-0.25, -0.2) is 9.78 Å². The van der Waals surface area contributed by atoms with Gasteiger partial charge in [0.05, 0.1) is 5.41 Å². The van der Waals surface area contributed by atoms with Gasteiger partial charge in [-0.1, -0.05) is 6.42 Å². The number of hydrogen-bond donors (Lipinski definition) is 2. The molecule has 2 atom stereocenters. The molecule has 2 aliphatic rings. The van der Waals surface area contributed by atoms with Gasteiger partial charge >= 0.3 is 12.0 Å². The van der Waals surface area contributed by atoms with Crippen LogP contribution in [-0.2, 0) is 4.79 Å². The van der Waals surface area contributed by atoms with Crippen molar-refractivity contribution >= 4 is 29.6 Å². The number of amides is 2. The molecule has 3 rings (SSSR count). The molecule has 0 aromatic carbocycles. The third-order valence-corrected chi connectivity index (χ3v) is 5.50. The minimum atomic E-state index is -0.771. The molecule has 1 aliphatic carbocycles. The van der Waals surface area contributed by atoms with E-state index in [1.54, 1.807) is 28.9 Å². The zero-order valence-corrected chi connectivity index (χ0v) is 13.2. The van der Waals surface area contributed by atoms with Crippen molar-refractivity contribution < 1.29 is 14.7 Å². The fourth-order valence-electron chi connectivity index (χ4n) is 3.56. The summed E-state index contributed by atoms with van der Waals surface area (Å²) in [5.41, 5.74) is -0.743. The average molecular weight is 321 g/mol. The predicted molar refractivity (Wildman–Crippen MR) is 84.0 cm³/mol. The van der Waals surface area contributed by atoms with E-state index in [1.165, 1.54) is 0 Å². The number of pyridine rings is 1. The first-order chi connectivity index (χ1) is 10.5. The summed E-state index contributed by atoms with van der Waals surface area (Å²) in [4.78, 5) is 30.8. The number of aromatic nitrogens is 1. The smallest absolute Gasteiger partial charge is 0.323 e. The number of rotatable bonds is 3. The Morgan fingerprint density at radius 3 is 2.91 bits per heavy atom. The summed E-state index contributed by atoms with van der Waals surface area (Å²) in [6.45, 7) is 0.808. The largest absolute Gasteiger partial charge is 0.481 e. The van der Waals surface area contributed by atoms with Crippen LogP contribution in [-0.4, -0.2) is 46.3 Å². The number of carbonyl (C=O) groups excluding carboxylic acids is 1. The first kappa shape index (κ1) is 15.1. The summed E-state index contributed by atoms with van der Waals surface area (Å²) < 4.78 is 0. The number of carboxylic acids is 1. The molecule has 7 heteroatoms. The fourth-order valence-corrected chi connectivity index (χ4v) is 3.92. The zero-order valence-electron chi connectivity index (χ0n) is 12.4. The molecule has 6 nitrogen and oxygen atoms in total. The first-order valence-electron chi connectivity index (χ1n) is 7.34. The van der Waals surface area contributed by atoms with E-state index in [0.717, 1.165) is 17.7 Å². The summed E-state index contributed by atoms with van der Waals surface area (Å²) in [5.74, 6) is -0.209. The normalized spacial score (nSPS) is 26.8. The number of urea groups is 1. The van der Waals surface area contributed by atoms with E-state index in [0.29, 0.717) is 25.3 Å². The highest BCUT2D eigenvalue weighted by Gasteiger charge is 2.55. The number of likely N-dealkylation sites (tertiary alicyclic amines) is 1. The highest BCUT2D eigenvalue weighted by molar-refractivity contribution is 7.98. The quantitative estimate of drug-likeness (QED) is 0.836. The van der Waals surface area contributed by atoms with Gasteiger partial charge in [0.2, 0.25) is 0 Å². The number of hydrogen-bond acceptors (Lipinski definition) is 4. The topological polar surface area (TPSA) is 82.5 Å². The number of anilines is 1. The number of carboxylic acid groups (broad SMARTS) is 1. The highest BCUT2D eigenvalue weighted by atomic mass is 32.2. The summed E-state index contributed by atoms with van der Waals surface area (Å²) in [7, 11) is 0. The summed E-state index contributed by atoms with van der Waals surface area (Å²) in [6.07, 6.45) is 6.15. The maximum atomic E-state index is 12.3. The molecule has 2 amide bonds. The van der Waals surface area contributed by atoms with Gasteiger partial charge in [-0.2, -0.15) is 0 Å². The lowest BCUT2D eigenvalue weighted by Crippen LogP contribution is -2.38. The van der Waals surface area contributed by atoms with E-state index < -0.39 is 11.4 Å². The molecular formula is C15H19N3O3S. The van der Waals surface area contributed by atoms with Gasteiger partial charge in [-0.05, 0) is 37.1 Å². The number of thioether (sulfide) groups is 1. The van der Waals surface area contributed by atoms with Crippen LogP contribution in [0.2, 0.25) is 0 Å². The van der Waals surface area contributed by atoms with Crippen LogP contribution in [0.25, 0.3) is 0 Å². The number of nitrogens with one attached hydrogen (secondary N) is 1.